The van der Waals surface area contributed by atoms with Crippen LogP contribution in [-0.4, -0.2) is 54.4 Å². The zero-order valence-electron chi connectivity index (χ0n) is 14.2. The number of likely N-dealkylation sites (tertiary alicyclic amines) is 1. The number of hydrogen-bond acceptors (Lipinski definition) is 5. The zero-order chi connectivity index (χ0) is 17.2. The lowest BCUT2D eigenvalue weighted by molar-refractivity contribution is -0.125. The molecule has 2 atom stereocenters. The van der Waals surface area contributed by atoms with Gasteiger partial charge in [0.05, 0.1) is 5.92 Å². The van der Waals surface area contributed by atoms with Crippen molar-refractivity contribution in [3.05, 3.63) is 30.1 Å². The molecule has 2 amide bonds. The molecule has 2 fully saturated rings. The molecule has 24 heavy (non-hydrogen) atoms. The van der Waals surface area contributed by atoms with Crippen molar-refractivity contribution in [2.45, 2.75) is 25.8 Å². The Kier molecular flexibility index (Phi) is 4.82. The lowest BCUT2D eigenvalue weighted by atomic mass is 9.70. The van der Waals surface area contributed by atoms with Gasteiger partial charge in [-0.05, 0) is 30.4 Å². The van der Waals surface area contributed by atoms with E-state index in [1.165, 1.54) is 0 Å². The van der Waals surface area contributed by atoms with Crippen LogP contribution >= 0.6 is 0 Å². The third-order valence-corrected chi connectivity index (χ3v) is 5.44. The second-order valence-corrected chi connectivity index (χ2v) is 6.91. The summed E-state index contributed by atoms with van der Waals surface area (Å²) in [4.78, 5) is 30.5. The highest BCUT2D eigenvalue weighted by molar-refractivity contribution is 5.94. The number of nitrogens with one attached hydrogen (secondary N) is 3. The topological polar surface area (TPSA) is 86.4 Å². The third kappa shape index (κ3) is 3.14. The first-order chi connectivity index (χ1) is 11.5. The molecule has 1 aromatic heterocycles. The molecule has 3 N–H and O–H groups in total. The SMILES string of the molecule is CNC(=O)C1CNNC1C1(C)CCN(C(=O)c2ccncc2)CC1. The van der Waals surface area contributed by atoms with Crippen LogP contribution in [0.5, 0.6) is 0 Å². The van der Waals surface area contributed by atoms with Crippen LogP contribution in [-0.2, 0) is 4.79 Å². The molecule has 3 heterocycles. The van der Waals surface area contributed by atoms with Crippen LogP contribution in [0, 0.1) is 11.3 Å². The van der Waals surface area contributed by atoms with Gasteiger partial charge in [0, 0.05) is 50.7 Å². The summed E-state index contributed by atoms with van der Waals surface area (Å²) in [7, 11) is 1.68. The van der Waals surface area contributed by atoms with E-state index in [0.29, 0.717) is 25.2 Å². The number of nitrogens with zero attached hydrogens (tertiary/aromatic N) is 2. The van der Waals surface area contributed by atoms with E-state index in [4.69, 9.17) is 0 Å². The predicted molar refractivity (Wildman–Crippen MR) is 90.0 cm³/mol. The minimum absolute atomic E-state index is 0.0182. The quantitative estimate of drug-likeness (QED) is 0.735. The smallest absolute Gasteiger partial charge is 0.253 e. The first-order valence-corrected chi connectivity index (χ1v) is 8.44. The largest absolute Gasteiger partial charge is 0.359 e. The first-order valence-electron chi connectivity index (χ1n) is 8.44. The maximum absolute atomic E-state index is 12.6. The predicted octanol–water partition coefficient (Wildman–Crippen LogP) is 0.163. The van der Waals surface area contributed by atoms with Gasteiger partial charge in [0.25, 0.3) is 5.91 Å². The molecule has 130 valence electrons. The van der Waals surface area contributed by atoms with Crippen LogP contribution in [0.3, 0.4) is 0 Å². The number of hydrogen-bond donors (Lipinski definition) is 3. The number of carbonyl (C=O) groups excluding carboxylic acids is 2. The first kappa shape index (κ1) is 16.9. The van der Waals surface area contributed by atoms with Crippen molar-refractivity contribution >= 4 is 11.8 Å². The number of hydrazine groups is 1. The van der Waals surface area contributed by atoms with Gasteiger partial charge in [0.15, 0.2) is 0 Å². The number of rotatable bonds is 3. The average Bonchev–Trinajstić information content (AvgIpc) is 3.12. The van der Waals surface area contributed by atoms with Crippen molar-refractivity contribution in [1.29, 1.82) is 0 Å². The molecule has 0 radical (unpaired) electrons. The standard InChI is InChI=1S/C17H25N5O2/c1-17(14-13(11-20-21-14)15(23)18-2)5-9-22(10-6-17)16(24)12-3-7-19-8-4-12/h3-4,7-8,13-14,20-21H,5-6,9-11H2,1-2H3,(H,18,23). The van der Waals surface area contributed by atoms with E-state index >= 15 is 0 Å². The van der Waals surface area contributed by atoms with Gasteiger partial charge in [-0.3, -0.25) is 25.4 Å². The van der Waals surface area contributed by atoms with Crippen molar-refractivity contribution in [3.8, 4) is 0 Å². The van der Waals surface area contributed by atoms with Gasteiger partial charge in [-0.15, -0.1) is 0 Å². The van der Waals surface area contributed by atoms with Crippen LogP contribution in [0.25, 0.3) is 0 Å². The van der Waals surface area contributed by atoms with E-state index in [2.05, 4.69) is 28.1 Å². The van der Waals surface area contributed by atoms with Crippen LogP contribution in [0.4, 0.5) is 0 Å². The Morgan fingerprint density at radius 3 is 2.58 bits per heavy atom. The summed E-state index contributed by atoms with van der Waals surface area (Å²) in [6.45, 7) is 4.26. The monoisotopic (exact) mass is 331 g/mol. The molecule has 0 aliphatic carbocycles. The Bertz CT molecular complexity index is 598. The van der Waals surface area contributed by atoms with Gasteiger partial charge in [0.2, 0.25) is 5.91 Å². The summed E-state index contributed by atoms with van der Waals surface area (Å²) in [6.07, 6.45) is 5.03. The number of aromatic nitrogens is 1. The Labute approximate surface area is 142 Å². The fraction of sp³-hybridized carbons (Fsp3) is 0.588. The van der Waals surface area contributed by atoms with Crippen LogP contribution < -0.4 is 16.2 Å². The Hall–Kier alpha value is -1.99. The van der Waals surface area contributed by atoms with Crippen LogP contribution in [0.15, 0.2) is 24.5 Å². The highest BCUT2D eigenvalue weighted by atomic mass is 16.2. The van der Waals surface area contributed by atoms with Gasteiger partial charge in [-0.2, -0.15) is 0 Å². The summed E-state index contributed by atoms with van der Waals surface area (Å²) in [6, 6.07) is 3.58. The fourth-order valence-corrected chi connectivity index (χ4v) is 3.80. The Morgan fingerprint density at radius 2 is 1.96 bits per heavy atom. The maximum atomic E-state index is 12.6. The van der Waals surface area contributed by atoms with Crippen molar-refractivity contribution in [3.63, 3.8) is 0 Å². The van der Waals surface area contributed by atoms with E-state index in [-0.39, 0.29) is 29.2 Å². The van der Waals surface area contributed by atoms with Gasteiger partial charge >= 0.3 is 0 Å². The van der Waals surface area contributed by atoms with Gasteiger partial charge in [-0.25, -0.2) is 0 Å². The molecule has 0 aromatic carbocycles. The number of piperidine rings is 1. The molecular weight excluding hydrogens is 306 g/mol. The molecule has 2 aliphatic heterocycles. The lowest BCUT2D eigenvalue weighted by Gasteiger charge is -2.44. The molecule has 1 aromatic rings. The molecule has 0 saturated carbocycles. The summed E-state index contributed by atoms with van der Waals surface area (Å²) < 4.78 is 0. The van der Waals surface area contributed by atoms with Crippen molar-refractivity contribution in [2.24, 2.45) is 11.3 Å². The molecular formula is C17H25N5O2. The van der Waals surface area contributed by atoms with Crippen molar-refractivity contribution < 1.29 is 9.59 Å². The summed E-state index contributed by atoms with van der Waals surface area (Å²) >= 11 is 0. The van der Waals surface area contributed by atoms with E-state index in [0.717, 1.165) is 12.8 Å². The van der Waals surface area contributed by atoms with E-state index in [9.17, 15) is 9.59 Å². The van der Waals surface area contributed by atoms with Gasteiger partial charge in [-0.1, -0.05) is 6.92 Å². The highest BCUT2D eigenvalue weighted by Crippen LogP contribution is 2.38. The van der Waals surface area contributed by atoms with E-state index in [1.54, 1.807) is 31.6 Å². The summed E-state index contributed by atoms with van der Waals surface area (Å²) in [5.41, 5.74) is 7.07. The second-order valence-electron chi connectivity index (χ2n) is 6.91. The second kappa shape index (κ2) is 6.86. The molecule has 2 unspecified atom stereocenters. The summed E-state index contributed by atoms with van der Waals surface area (Å²) in [5, 5.41) is 2.75. The molecule has 7 heteroatoms. The normalized spacial score (nSPS) is 26.2. The fourth-order valence-electron chi connectivity index (χ4n) is 3.80. The van der Waals surface area contributed by atoms with Crippen LogP contribution in [0.2, 0.25) is 0 Å². The Balaban J connectivity index is 1.65. The average molecular weight is 331 g/mol. The number of pyridine rings is 1. The highest BCUT2D eigenvalue weighted by Gasteiger charge is 2.46. The van der Waals surface area contributed by atoms with Gasteiger partial charge < -0.3 is 10.2 Å². The van der Waals surface area contributed by atoms with E-state index in [1.807, 2.05) is 4.90 Å². The summed E-state index contributed by atoms with van der Waals surface area (Å²) in [5.74, 6) is 0.0382. The molecule has 7 nitrogen and oxygen atoms in total. The maximum Gasteiger partial charge on any atom is 0.253 e. The molecule has 3 rings (SSSR count). The van der Waals surface area contributed by atoms with E-state index < -0.39 is 0 Å². The van der Waals surface area contributed by atoms with Crippen molar-refractivity contribution in [1.82, 2.24) is 26.1 Å². The molecule has 2 saturated heterocycles. The van der Waals surface area contributed by atoms with Crippen LogP contribution in [0.1, 0.15) is 30.1 Å². The van der Waals surface area contributed by atoms with Gasteiger partial charge in [0.1, 0.15) is 0 Å². The van der Waals surface area contributed by atoms with Crippen molar-refractivity contribution in [2.75, 3.05) is 26.7 Å². The number of carbonyl (C=O) groups is 2. The lowest BCUT2D eigenvalue weighted by Crippen LogP contribution is -2.54. The molecule has 2 aliphatic rings. The molecule has 0 spiro atoms. The third-order valence-electron chi connectivity index (χ3n) is 5.44. The number of amides is 2. The minimum atomic E-state index is -0.0811. The zero-order valence-corrected chi connectivity index (χ0v) is 14.2. The minimum Gasteiger partial charge on any atom is -0.359 e. The molecule has 0 bridgehead atoms. The Morgan fingerprint density at radius 1 is 1.29 bits per heavy atom.